The van der Waals surface area contributed by atoms with Gasteiger partial charge in [0.1, 0.15) is 0 Å². The van der Waals surface area contributed by atoms with Crippen LogP contribution in [0.5, 0.6) is 0 Å². The summed E-state index contributed by atoms with van der Waals surface area (Å²) in [6, 6.07) is 0. The van der Waals surface area contributed by atoms with Crippen molar-refractivity contribution in [3.63, 3.8) is 0 Å². The summed E-state index contributed by atoms with van der Waals surface area (Å²) in [7, 11) is -0.685. The molecule has 1 heteroatoms. The molecule has 1 aliphatic rings. The van der Waals surface area contributed by atoms with E-state index < -0.39 is 7.26 Å². The van der Waals surface area contributed by atoms with Crippen LogP contribution in [0.2, 0.25) is 0 Å². The Morgan fingerprint density at radius 2 is 1.89 bits per heavy atom. The van der Waals surface area contributed by atoms with Gasteiger partial charge in [-0.2, -0.15) is 0 Å². The van der Waals surface area contributed by atoms with Crippen LogP contribution >= 0.6 is 7.26 Å². The topological polar surface area (TPSA) is 0 Å². The molecule has 19 heavy (non-hydrogen) atoms. The van der Waals surface area contributed by atoms with E-state index in [1.807, 2.05) is 0 Å². The first kappa shape index (κ1) is 16.7. The van der Waals surface area contributed by atoms with Gasteiger partial charge in [0, 0.05) is 27.3 Å². The Morgan fingerprint density at radius 1 is 1.26 bits per heavy atom. The Kier molecular flexibility index (Phi) is 5.63. The molecule has 0 aliphatic heterocycles. The zero-order valence-corrected chi connectivity index (χ0v) is 14.9. The summed E-state index contributed by atoms with van der Waals surface area (Å²) < 4.78 is 0. The third kappa shape index (κ3) is 5.65. The van der Waals surface area contributed by atoms with Crippen molar-refractivity contribution in [2.45, 2.75) is 47.0 Å². The molecule has 0 aromatic carbocycles. The van der Waals surface area contributed by atoms with Crippen LogP contribution in [0.25, 0.3) is 0 Å². The standard InChI is InChI=1S/C18H32P/c1-15(12-14-19(5,6)7)10-11-17-16(2)9-8-13-18(17,3)4/h10-12H,8-9,13-14H2,1-7H3/q+1/b11-10+,15-12+. The van der Waals surface area contributed by atoms with Gasteiger partial charge in [-0.1, -0.05) is 37.1 Å². The molecule has 0 aromatic heterocycles. The third-order valence-electron chi connectivity index (χ3n) is 4.02. The molecule has 0 atom stereocenters. The summed E-state index contributed by atoms with van der Waals surface area (Å²) in [5, 5.41) is 0. The average molecular weight is 279 g/mol. The van der Waals surface area contributed by atoms with Crippen LogP contribution in [0.15, 0.2) is 34.9 Å². The van der Waals surface area contributed by atoms with Gasteiger partial charge in [0.05, 0.1) is 6.16 Å². The molecule has 0 bridgehead atoms. The van der Waals surface area contributed by atoms with Crippen molar-refractivity contribution in [1.82, 2.24) is 0 Å². The van der Waals surface area contributed by atoms with Gasteiger partial charge in [0.2, 0.25) is 0 Å². The zero-order chi connectivity index (χ0) is 14.7. The summed E-state index contributed by atoms with van der Waals surface area (Å²) in [6.07, 6.45) is 12.3. The van der Waals surface area contributed by atoms with E-state index in [0.717, 1.165) is 0 Å². The minimum absolute atomic E-state index is 0.357. The highest BCUT2D eigenvalue weighted by atomic mass is 31.2. The lowest BCUT2D eigenvalue weighted by Crippen LogP contribution is -2.19. The fourth-order valence-corrected chi connectivity index (χ4v) is 3.55. The van der Waals surface area contributed by atoms with Crippen molar-refractivity contribution in [1.29, 1.82) is 0 Å². The van der Waals surface area contributed by atoms with Crippen molar-refractivity contribution in [3.8, 4) is 0 Å². The van der Waals surface area contributed by atoms with E-state index in [4.69, 9.17) is 0 Å². The Balaban J connectivity index is 2.80. The van der Waals surface area contributed by atoms with Crippen LogP contribution in [0.1, 0.15) is 47.0 Å². The van der Waals surface area contributed by atoms with Crippen molar-refractivity contribution < 1.29 is 0 Å². The highest BCUT2D eigenvalue weighted by molar-refractivity contribution is 7.73. The molecule has 0 radical (unpaired) electrons. The summed E-state index contributed by atoms with van der Waals surface area (Å²) in [5.41, 5.74) is 4.92. The molecular weight excluding hydrogens is 247 g/mol. The number of rotatable bonds is 4. The van der Waals surface area contributed by atoms with E-state index in [2.05, 4.69) is 65.9 Å². The second kappa shape index (κ2) is 6.40. The van der Waals surface area contributed by atoms with Gasteiger partial charge in [-0.25, -0.2) is 0 Å². The highest BCUT2D eigenvalue weighted by Gasteiger charge is 2.26. The number of hydrogen-bond acceptors (Lipinski definition) is 0. The average Bonchev–Trinajstić information content (AvgIpc) is 2.23. The Bertz CT molecular complexity index is 400. The molecule has 0 nitrogen and oxygen atoms in total. The number of allylic oxidation sites excluding steroid dienone is 6. The number of hydrogen-bond donors (Lipinski definition) is 0. The molecule has 0 N–H and O–H groups in total. The van der Waals surface area contributed by atoms with Crippen molar-refractivity contribution in [2.75, 3.05) is 26.2 Å². The van der Waals surface area contributed by atoms with Crippen molar-refractivity contribution >= 4 is 7.26 Å². The highest BCUT2D eigenvalue weighted by Crippen LogP contribution is 2.46. The smallest absolute Gasteiger partial charge is 0.0696 e. The summed E-state index contributed by atoms with van der Waals surface area (Å²) >= 11 is 0. The second-order valence-electron chi connectivity index (χ2n) is 7.69. The van der Waals surface area contributed by atoms with Gasteiger partial charge < -0.3 is 0 Å². The SMILES string of the molecule is CC1=C(/C=C/C(C)=C/C[P+](C)(C)C)C(C)(C)CCC1. The first-order valence-corrected chi connectivity index (χ1v) is 10.8. The molecular formula is C18H32P+. The van der Waals surface area contributed by atoms with E-state index in [1.54, 1.807) is 11.1 Å². The molecule has 0 aromatic rings. The predicted octanol–water partition coefficient (Wildman–Crippen LogP) is 5.92. The van der Waals surface area contributed by atoms with E-state index in [1.165, 1.54) is 31.0 Å². The van der Waals surface area contributed by atoms with E-state index in [9.17, 15) is 0 Å². The molecule has 1 aliphatic carbocycles. The minimum Gasteiger partial charge on any atom is -0.0696 e. The maximum atomic E-state index is 2.41. The summed E-state index contributed by atoms with van der Waals surface area (Å²) in [5.74, 6) is 0. The molecule has 0 fully saturated rings. The largest absolute Gasteiger partial charge is 0.0771 e. The van der Waals surface area contributed by atoms with Gasteiger partial charge in [0.15, 0.2) is 0 Å². The minimum atomic E-state index is -0.685. The van der Waals surface area contributed by atoms with Crippen molar-refractivity contribution in [3.05, 3.63) is 34.9 Å². The third-order valence-corrected chi connectivity index (χ3v) is 5.29. The quantitative estimate of drug-likeness (QED) is 0.442. The normalized spacial score (nSPS) is 21.3. The first-order chi connectivity index (χ1) is 8.62. The van der Waals surface area contributed by atoms with Gasteiger partial charge in [-0.05, 0) is 50.2 Å². The van der Waals surface area contributed by atoms with E-state index in [0.29, 0.717) is 5.41 Å². The maximum absolute atomic E-state index is 2.41. The molecule has 0 spiro atoms. The lowest BCUT2D eigenvalue weighted by Gasteiger charge is -2.32. The molecule has 108 valence electrons. The van der Waals surface area contributed by atoms with Crippen LogP contribution < -0.4 is 0 Å². The Hall–Kier alpha value is -0.350. The lowest BCUT2D eigenvalue weighted by atomic mass is 9.72. The molecule has 0 saturated heterocycles. The van der Waals surface area contributed by atoms with Crippen LogP contribution in [0, 0.1) is 5.41 Å². The van der Waals surface area contributed by atoms with Gasteiger partial charge in [0.25, 0.3) is 0 Å². The van der Waals surface area contributed by atoms with Gasteiger partial charge >= 0.3 is 0 Å². The van der Waals surface area contributed by atoms with Crippen LogP contribution in [0.3, 0.4) is 0 Å². The molecule has 0 unspecified atom stereocenters. The molecule has 1 rings (SSSR count). The lowest BCUT2D eigenvalue weighted by molar-refractivity contribution is 0.377. The molecule has 0 amide bonds. The fraction of sp³-hybridized carbons (Fsp3) is 0.667. The van der Waals surface area contributed by atoms with Crippen LogP contribution in [-0.4, -0.2) is 26.2 Å². The van der Waals surface area contributed by atoms with Gasteiger partial charge in [-0.15, -0.1) is 0 Å². The maximum Gasteiger partial charge on any atom is 0.0771 e. The summed E-state index contributed by atoms with van der Waals surface area (Å²) in [6.45, 7) is 16.5. The Labute approximate surface area is 121 Å². The Morgan fingerprint density at radius 3 is 2.42 bits per heavy atom. The van der Waals surface area contributed by atoms with Crippen LogP contribution in [-0.2, 0) is 0 Å². The molecule has 0 saturated carbocycles. The van der Waals surface area contributed by atoms with E-state index >= 15 is 0 Å². The molecule has 0 heterocycles. The van der Waals surface area contributed by atoms with Gasteiger partial charge in [-0.3, -0.25) is 0 Å². The fourth-order valence-electron chi connectivity index (χ4n) is 2.71. The van der Waals surface area contributed by atoms with Crippen molar-refractivity contribution in [2.24, 2.45) is 5.41 Å². The second-order valence-corrected chi connectivity index (χ2v) is 12.6. The first-order valence-electron chi connectivity index (χ1n) is 7.47. The monoisotopic (exact) mass is 279 g/mol. The summed E-state index contributed by atoms with van der Waals surface area (Å²) in [4.78, 5) is 0. The van der Waals surface area contributed by atoms with Crippen LogP contribution in [0.4, 0.5) is 0 Å². The predicted molar refractivity (Wildman–Crippen MR) is 92.8 cm³/mol. The van der Waals surface area contributed by atoms with E-state index in [-0.39, 0.29) is 0 Å². The zero-order valence-electron chi connectivity index (χ0n) is 14.0.